The molecule has 0 radical (unpaired) electrons. The Morgan fingerprint density at radius 2 is 2.00 bits per heavy atom. The standard InChI is InChI=1S/C25H32ClN3O3S/c1-16-14-28(7-8-29(16)25(31)23-6-4-5-9-32-23)15-20-11-21(26)10-19(17(20)2)12-22(30)24-13-27-18(3)33-24/h10-11,13,16,23H,4-9,12,14-15H2,1-3H3/t16-,23-/m0/s1. The summed E-state index contributed by atoms with van der Waals surface area (Å²) in [5.41, 5.74) is 3.20. The van der Waals surface area contributed by atoms with Crippen LogP contribution in [0.15, 0.2) is 18.3 Å². The number of piperazine rings is 1. The van der Waals surface area contributed by atoms with Gasteiger partial charge in [-0.3, -0.25) is 14.5 Å². The lowest BCUT2D eigenvalue weighted by Crippen LogP contribution is -2.56. The number of rotatable bonds is 6. The summed E-state index contributed by atoms with van der Waals surface area (Å²) in [7, 11) is 0. The number of hydrogen-bond donors (Lipinski definition) is 0. The first-order valence-corrected chi connectivity index (χ1v) is 12.9. The van der Waals surface area contributed by atoms with Crippen LogP contribution in [0.1, 0.15) is 57.6 Å². The maximum atomic E-state index is 12.9. The second-order valence-corrected chi connectivity index (χ2v) is 10.8. The molecule has 2 aliphatic heterocycles. The van der Waals surface area contributed by atoms with Gasteiger partial charge in [0.25, 0.3) is 5.91 Å². The van der Waals surface area contributed by atoms with E-state index in [4.69, 9.17) is 16.3 Å². The van der Waals surface area contributed by atoms with Gasteiger partial charge in [0, 0.05) is 56.5 Å². The molecule has 2 fully saturated rings. The largest absolute Gasteiger partial charge is 0.368 e. The normalized spacial score (nSPS) is 21.9. The highest BCUT2D eigenvalue weighted by Crippen LogP contribution is 2.26. The molecule has 178 valence electrons. The molecule has 0 bridgehead atoms. The number of halogens is 1. The molecular formula is C25H32ClN3O3S. The molecule has 0 spiro atoms. The highest BCUT2D eigenvalue weighted by molar-refractivity contribution is 7.13. The molecule has 2 aliphatic rings. The van der Waals surface area contributed by atoms with Crippen molar-refractivity contribution in [2.75, 3.05) is 26.2 Å². The Morgan fingerprint density at radius 3 is 2.67 bits per heavy atom. The minimum atomic E-state index is -0.273. The van der Waals surface area contributed by atoms with Gasteiger partial charge in [-0.05, 0) is 68.9 Å². The minimum Gasteiger partial charge on any atom is -0.368 e. The zero-order chi connectivity index (χ0) is 23.5. The second kappa shape index (κ2) is 10.6. The van der Waals surface area contributed by atoms with Crippen molar-refractivity contribution in [3.63, 3.8) is 0 Å². The van der Waals surface area contributed by atoms with E-state index in [0.29, 0.717) is 29.5 Å². The number of ether oxygens (including phenoxy) is 1. The zero-order valence-electron chi connectivity index (χ0n) is 19.6. The number of benzene rings is 1. The van der Waals surface area contributed by atoms with Crippen molar-refractivity contribution >= 4 is 34.6 Å². The lowest BCUT2D eigenvalue weighted by Gasteiger charge is -2.41. The van der Waals surface area contributed by atoms with Gasteiger partial charge in [0.15, 0.2) is 5.78 Å². The molecule has 0 saturated carbocycles. The Morgan fingerprint density at radius 1 is 1.21 bits per heavy atom. The van der Waals surface area contributed by atoms with Crippen LogP contribution in [-0.2, 0) is 22.5 Å². The molecular weight excluding hydrogens is 458 g/mol. The van der Waals surface area contributed by atoms with Crippen LogP contribution in [0.3, 0.4) is 0 Å². The molecule has 8 heteroatoms. The number of hydrogen-bond acceptors (Lipinski definition) is 6. The molecule has 1 aromatic carbocycles. The van der Waals surface area contributed by atoms with E-state index < -0.39 is 0 Å². The van der Waals surface area contributed by atoms with E-state index in [-0.39, 0.29) is 23.8 Å². The molecule has 0 aliphatic carbocycles. The van der Waals surface area contributed by atoms with Crippen LogP contribution in [0.5, 0.6) is 0 Å². The van der Waals surface area contributed by atoms with Crippen molar-refractivity contribution in [1.82, 2.24) is 14.8 Å². The summed E-state index contributed by atoms with van der Waals surface area (Å²) in [6.07, 6.45) is 4.64. The van der Waals surface area contributed by atoms with Crippen molar-refractivity contribution < 1.29 is 14.3 Å². The highest BCUT2D eigenvalue weighted by Gasteiger charge is 2.33. The Bertz CT molecular complexity index is 1020. The molecule has 1 amide bonds. The molecule has 33 heavy (non-hydrogen) atoms. The van der Waals surface area contributed by atoms with E-state index in [2.05, 4.69) is 23.7 Å². The van der Waals surface area contributed by atoms with Gasteiger partial charge in [-0.1, -0.05) is 11.6 Å². The minimum absolute atomic E-state index is 0.0718. The Labute approximate surface area is 204 Å². The first-order valence-electron chi connectivity index (χ1n) is 11.7. The number of Topliss-reactive ketones (excluding diaryl/α,β-unsaturated/α-hetero) is 1. The van der Waals surface area contributed by atoms with Crippen molar-refractivity contribution in [2.45, 2.75) is 65.1 Å². The number of thiazole rings is 1. The third kappa shape index (κ3) is 5.83. The maximum absolute atomic E-state index is 12.9. The molecule has 0 N–H and O–H groups in total. The highest BCUT2D eigenvalue weighted by atomic mass is 35.5. The summed E-state index contributed by atoms with van der Waals surface area (Å²) in [6, 6.07) is 4.03. The van der Waals surface area contributed by atoms with E-state index in [1.165, 1.54) is 11.3 Å². The molecule has 1 aromatic heterocycles. The van der Waals surface area contributed by atoms with Crippen molar-refractivity contribution in [3.05, 3.63) is 49.9 Å². The summed E-state index contributed by atoms with van der Waals surface area (Å²) in [5, 5.41) is 1.54. The van der Waals surface area contributed by atoms with Crippen molar-refractivity contribution in [2.24, 2.45) is 0 Å². The fourth-order valence-corrected chi connectivity index (χ4v) is 5.74. The van der Waals surface area contributed by atoms with Crippen LogP contribution in [0.2, 0.25) is 5.02 Å². The fraction of sp³-hybridized carbons (Fsp3) is 0.560. The van der Waals surface area contributed by atoms with Crippen LogP contribution in [0.4, 0.5) is 0 Å². The van der Waals surface area contributed by atoms with Gasteiger partial charge in [-0.15, -0.1) is 11.3 Å². The van der Waals surface area contributed by atoms with Crippen LogP contribution in [0, 0.1) is 13.8 Å². The first kappa shape index (κ1) is 24.3. The molecule has 6 nitrogen and oxygen atoms in total. The van der Waals surface area contributed by atoms with Crippen LogP contribution >= 0.6 is 22.9 Å². The van der Waals surface area contributed by atoms with E-state index in [0.717, 1.165) is 60.6 Å². The van der Waals surface area contributed by atoms with Crippen molar-refractivity contribution in [3.8, 4) is 0 Å². The summed E-state index contributed by atoms with van der Waals surface area (Å²) in [5.74, 6) is 0.211. The summed E-state index contributed by atoms with van der Waals surface area (Å²) < 4.78 is 5.72. The monoisotopic (exact) mass is 489 g/mol. The predicted molar refractivity (Wildman–Crippen MR) is 131 cm³/mol. The summed E-state index contributed by atoms with van der Waals surface area (Å²) >= 11 is 7.87. The number of aromatic nitrogens is 1. The van der Waals surface area contributed by atoms with Gasteiger partial charge in [0.1, 0.15) is 6.10 Å². The Kier molecular flexibility index (Phi) is 7.84. The number of amides is 1. The average Bonchev–Trinajstić information content (AvgIpc) is 3.23. The predicted octanol–water partition coefficient (Wildman–Crippen LogP) is 4.44. The number of carbonyl (C=O) groups is 2. The van der Waals surface area contributed by atoms with Crippen LogP contribution in [-0.4, -0.2) is 64.9 Å². The van der Waals surface area contributed by atoms with E-state index in [9.17, 15) is 9.59 Å². The third-order valence-electron chi connectivity index (χ3n) is 6.68. The lowest BCUT2D eigenvalue weighted by atomic mass is 9.97. The smallest absolute Gasteiger partial charge is 0.252 e. The van der Waals surface area contributed by atoms with Crippen LogP contribution in [0.25, 0.3) is 0 Å². The summed E-state index contributed by atoms with van der Waals surface area (Å²) in [6.45, 7) is 9.83. The molecule has 4 rings (SSSR count). The Hall–Kier alpha value is -1.80. The second-order valence-electron chi connectivity index (χ2n) is 9.16. The number of nitrogens with zero attached hydrogens (tertiary/aromatic N) is 3. The van der Waals surface area contributed by atoms with Gasteiger partial charge in [-0.2, -0.15) is 0 Å². The quantitative estimate of drug-likeness (QED) is 0.561. The van der Waals surface area contributed by atoms with Gasteiger partial charge in [0.05, 0.1) is 9.88 Å². The van der Waals surface area contributed by atoms with E-state index in [1.807, 2.05) is 24.0 Å². The molecule has 0 unspecified atom stereocenters. The average molecular weight is 490 g/mol. The molecule has 2 saturated heterocycles. The van der Waals surface area contributed by atoms with Gasteiger partial charge < -0.3 is 9.64 Å². The molecule has 3 heterocycles. The van der Waals surface area contributed by atoms with E-state index in [1.54, 1.807) is 6.20 Å². The Balaban J connectivity index is 1.41. The zero-order valence-corrected chi connectivity index (χ0v) is 21.2. The van der Waals surface area contributed by atoms with Crippen molar-refractivity contribution in [1.29, 1.82) is 0 Å². The van der Waals surface area contributed by atoms with Gasteiger partial charge in [-0.25, -0.2) is 4.98 Å². The lowest BCUT2D eigenvalue weighted by molar-refractivity contribution is -0.151. The molecule has 2 atom stereocenters. The van der Waals surface area contributed by atoms with Crippen LogP contribution < -0.4 is 0 Å². The molecule has 2 aromatic rings. The SMILES string of the molecule is Cc1ncc(C(=O)Cc2cc(Cl)cc(CN3CCN(C(=O)[C@@H]4CCCCO4)[C@@H](C)C3)c2C)s1. The maximum Gasteiger partial charge on any atom is 0.252 e. The third-order valence-corrected chi connectivity index (χ3v) is 7.85. The topological polar surface area (TPSA) is 62.7 Å². The fourth-order valence-electron chi connectivity index (χ4n) is 4.76. The van der Waals surface area contributed by atoms with Gasteiger partial charge in [0.2, 0.25) is 0 Å². The number of aryl methyl sites for hydroxylation is 1. The summed E-state index contributed by atoms with van der Waals surface area (Å²) in [4.78, 5) is 34.9. The van der Waals surface area contributed by atoms with E-state index >= 15 is 0 Å². The van der Waals surface area contributed by atoms with Gasteiger partial charge >= 0.3 is 0 Å². The first-order chi connectivity index (χ1) is 15.8. The number of ketones is 1. The number of carbonyl (C=O) groups excluding carboxylic acids is 2.